The maximum absolute atomic E-state index is 12.3. The number of halogens is 1. The number of carboxylic acids is 1. The van der Waals surface area contributed by atoms with Crippen LogP contribution in [0.25, 0.3) is 0 Å². The zero-order valence-electron chi connectivity index (χ0n) is 14.7. The summed E-state index contributed by atoms with van der Waals surface area (Å²) in [7, 11) is 0. The summed E-state index contributed by atoms with van der Waals surface area (Å²) in [4.78, 5) is 25.4. The van der Waals surface area contributed by atoms with Crippen LogP contribution in [0.2, 0.25) is 5.02 Å². The van der Waals surface area contributed by atoms with Gasteiger partial charge in [0.15, 0.2) is 0 Å². The summed E-state index contributed by atoms with van der Waals surface area (Å²) >= 11 is 5.84. The van der Waals surface area contributed by atoms with Gasteiger partial charge in [0, 0.05) is 17.6 Å². The number of carbonyl (C=O) groups excluding carboxylic acids is 1. The molecule has 0 aromatic heterocycles. The summed E-state index contributed by atoms with van der Waals surface area (Å²) in [6.45, 7) is 9.00. The second-order valence-corrected chi connectivity index (χ2v) is 7.11. The molecule has 7 heteroatoms. The molecule has 0 fully saturated rings. The minimum absolute atomic E-state index is 0. The topological polar surface area (TPSA) is 66.8 Å². The third kappa shape index (κ3) is 7.01. The normalized spacial score (nSPS) is 12.3. The molecule has 0 unspecified atom stereocenters. The Morgan fingerprint density at radius 2 is 1.71 bits per heavy atom. The molecule has 1 aromatic carbocycles. The Bertz CT molecular complexity index is 555. The first-order valence-corrected chi connectivity index (χ1v) is 7.87. The van der Waals surface area contributed by atoms with Gasteiger partial charge in [0.25, 0.3) is 0 Å². The van der Waals surface area contributed by atoms with E-state index in [0.29, 0.717) is 10.6 Å². The second-order valence-electron chi connectivity index (χ2n) is 6.67. The van der Waals surface area contributed by atoms with Crippen molar-refractivity contribution in [1.29, 1.82) is 0 Å². The molecule has 0 heterocycles. The molecule has 1 amide bonds. The van der Waals surface area contributed by atoms with Crippen molar-refractivity contribution in [2.75, 3.05) is 6.54 Å². The van der Waals surface area contributed by atoms with Gasteiger partial charge in [0.1, 0.15) is 5.60 Å². The molecule has 0 saturated carbocycles. The van der Waals surface area contributed by atoms with Crippen LogP contribution >= 0.6 is 25.1 Å². The van der Waals surface area contributed by atoms with Crippen molar-refractivity contribution in [2.24, 2.45) is 0 Å². The number of hydrogen-bond acceptors (Lipinski definition) is 3. The Balaban J connectivity index is 0.00000529. The highest BCUT2D eigenvalue weighted by molar-refractivity contribution is 7.59. The van der Waals surface area contributed by atoms with Crippen molar-refractivity contribution in [3.8, 4) is 0 Å². The van der Waals surface area contributed by atoms with Crippen molar-refractivity contribution < 1.29 is 19.4 Å². The average molecular weight is 376 g/mol. The molecule has 1 atom stereocenters. The number of hydrogen-bond donors (Lipinski definition) is 1. The van der Waals surface area contributed by atoms with Gasteiger partial charge in [-0.15, -0.1) is 0 Å². The lowest BCUT2D eigenvalue weighted by Gasteiger charge is -2.32. The number of aliphatic carboxylic acids is 1. The number of ether oxygens (including phenoxy) is 1. The zero-order chi connectivity index (χ0) is 17.8. The van der Waals surface area contributed by atoms with E-state index in [2.05, 4.69) is 0 Å². The van der Waals surface area contributed by atoms with Crippen molar-refractivity contribution in [3.05, 3.63) is 34.9 Å². The van der Waals surface area contributed by atoms with Crippen LogP contribution < -0.4 is 0 Å². The van der Waals surface area contributed by atoms with Gasteiger partial charge in [-0.2, -0.15) is 13.5 Å². The summed E-state index contributed by atoms with van der Waals surface area (Å²) in [6.07, 6.45) is -0.521. The largest absolute Gasteiger partial charge is 0.481 e. The molecule has 1 aromatic rings. The fourth-order valence-electron chi connectivity index (χ4n) is 2.03. The maximum atomic E-state index is 12.3. The highest BCUT2D eigenvalue weighted by Gasteiger charge is 2.30. The van der Waals surface area contributed by atoms with E-state index in [1.54, 1.807) is 45.0 Å². The summed E-state index contributed by atoms with van der Waals surface area (Å²) < 4.78 is 5.37. The lowest BCUT2D eigenvalue weighted by atomic mass is 9.98. The molecule has 0 spiro atoms. The average Bonchev–Trinajstić information content (AvgIpc) is 2.38. The molecule has 0 aliphatic carbocycles. The molecular formula is C17H26ClNO4S. The van der Waals surface area contributed by atoms with Crippen molar-refractivity contribution >= 4 is 37.2 Å². The van der Waals surface area contributed by atoms with E-state index in [9.17, 15) is 14.7 Å². The van der Waals surface area contributed by atoms with Gasteiger partial charge < -0.3 is 14.7 Å². The third-order valence-corrected chi connectivity index (χ3v) is 3.45. The highest BCUT2D eigenvalue weighted by Crippen LogP contribution is 2.22. The van der Waals surface area contributed by atoms with E-state index >= 15 is 0 Å². The smallest absolute Gasteiger partial charge is 0.410 e. The molecule has 0 aliphatic rings. The summed E-state index contributed by atoms with van der Waals surface area (Å²) in [5.74, 6) is -1.84. The van der Waals surface area contributed by atoms with Crippen LogP contribution in [-0.2, 0) is 9.53 Å². The Kier molecular flexibility index (Phi) is 8.64. The van der Waals surface area contributed by atoms with E-state index in [1.807, 2.05) is 13.8 Å². The van der Waals surface area contributed by atoms with E-state index in [0.717, 1.165) is 0 Å². The molecule has 0 aliphatic heterocycles. The van der Waals surface area contributed by atoms with Crippen LogP contribution in [0.5, 0.6) is 0 Å². The molecule has 1 N–H and O–H groups in total. The Hall–Kier alpha value is -1.40. The van der Waals surface area contributed by atoms with E-state index in [4.69, 9.17) is 16.3 Å². The Morgan fingerprint density at radius 1 is 1.21 bits per heavy atom. The Morgan fingerprint density at radius 3 is 2.08 bits per heavy atom. The van der Waals surface area contributed by atoms with Gasteiger partial charge in [-0.05, 0) is 52.3 Å². The summed E-state index contributed by atoms with van der Waals surface area (Å²) in [5, 5.41) is 10.1. The van der Waals surface area contributed by atoms with Crippen LogP contribution in [-0.4, -0.2) is 40.3 Å². The minimum Gasteiger partial charge on any atom is -0.481 e. The minimum atomic E-state index is -0.999. The number of nitrogens with zero attached hydrogens (tertiary/aromatic N) is 1. The van der Waals surface area contributed by atoms with Crippen molar-refractivity contribution in [3.63, 3.8) is 0 Å². The lowest BCUT2D eigenvalue weighted by molar-refractivity contribution is -0.139. The van der Waals surface area contributed by atoms with Crippen LogP contribution in [0, 0.1) is 0 Å². The first-order chi connectivity index (χ1) is 10.5. The predicted octanol–water partition coefficient (Wildman–Crippen LogP) is 4.27. The van der Waals surface area contributed by atoms with Gasteiger partial charge in [-0.3, -0.25) is 4.79 Å². The first-order valence-electron chi connectivity index (χ1n) is 7.49. The fraction of sp³-hybridized carbons (Fsp3) is 0.529. The van der Waals surface area contributed by atoms with Crippen LogP contribution in [0.4, 0.5) is 4.79 Å². The van der Waals surface area contributed by atoms with E-state index in [-0.39, 0.29) is 26.1 Å². The SMILES string of the molecule is CC(C)N(C[C@@H](C(=O)O)c1ccc(Cl)cc1)C(=O)OC(C)(C)C.S. The molecule has 136 valence electrons. The molecule has 24 heavy (non-hydrogen) atoms. The second kappa shape index (κ2) is 9.18. The van der Waals surface area contributed by atoms with Crippen molar-refractivity contribution in [2.45, 2.75) is 52.2 Å². The lowest BCUT2D eigenvalue weighted by Crippen LogP contribution is -2.44. The monoisotopic (exact) mass is 375 g/mol. The van der Waals surface area contributed by atoms with Gasteiger partial charge in [-0.1, -0.05) is 23.7 Å². The number of benzene rings is 1. The first kappa shape index (κ1) is 22.6. The Labute approximate surface area is 155 Å². The van der Waals surface area contributed by atoms with Crippen molar-refractivity contribution in [1.82, 2.24) is 4.90 Å². The fourth-order valence-corrected chi connectivity index (χ4v) is 2.16. The molecule has 1 rings (SSSR count). The van der Waals surface area contributed by atoms with Gasteiger partial charge in [-0.25, -0.2) is 4.79 Å². The van der Waals surface area contributed by atoms with Gasteiger partial charge in [0.2, 0.25) is 0 Å². The quantitative estimate of drug-likeness (QED) is 0.834. The predicted molar refractivity (Wildman–Crippen MR) is 100 cm³/mol. The number of carbonyl (C=O) groups is 2. The number of amides is 1. The molecule has 5 nitrogen and oxygen atoms in total. The van der Waals surface area contributed by atoms with Gasteiger partial charge >= 0.3 is 12.1 Å². The number of carboxylic acid groups (broad SMARTS) is 1. The third-order valence-electron chi connectivity index (χ3n) is 3.20. The van der Waals surface area contributed by atoms with Gasteiger partial charge in [0.05, 0.1) is 5.92 Å². The van der Waals surface area contributed by atoms with Crippen LogP contribution in [0.15, 0.2) is 24.3 Å². The molecule has 0 bridgehead atoms. The molecule has 0 saturated heterocycles. The van der Waals surface area contributed by atoms with Crippen LogP contribution in [0.3, 0.4) is 0 Å². The standard InChI is InChI=1S/C17H24ClNO4.H2S/c1-11(2)19(16(22)23-17(3,4)5)10-14(15(20)21)12-6-8-13(18)9-7-12;/h6-9,11,14H,10H2,1-5H3,(H,20,21);1H2/t14-;/m1./s1. The van der Waals surface area contributed by atoms with Crippen LogP contribution in [0.1, 0.15) is 46.1 Å². The maximum Gasteiger partial charge on any atom is 0.410 e. The zero-order valence-corrected chi connectivity index (χ0v) is 16.4. The van der Waals surface area contributed by atoms with E-state index < -0.39 is 23.6 Å². The molecule has 0 radical (unpaired) electrons. The molecular weight excluding hydrogens is 350 g/mol. The summed E-state index contributed by atoms with van der Waals surface area (Å²) in [6, 6.07) is 6.42. The number of rotatable bonds is 5. The summed E-state index contributed by atoms with van der Waals surface area (Å²) in [5.41, 5.74) is -0.0421. The highest BCUT2D eigenvalue weighted by atomic mass is 35.5. The van der Waals surface area contributed by atoms with E-state index in [1.165, 1.54) is 4.90 Å².